The van der Waals surface area contributed by atoms with Gasteiger partial charge in [0.2, 0.25) is 5.88 Å². The van der Waals surface area contributed by atoms with Gasteiger partial charge in [0.05, 0.1) is 18.0 Å². The third kappa shape index (κ3) is 6.53. The molecule has 42 heavy (non-hydrogen) atoms. The molecule has 214 valence electrons. The van der Waals surface area contributed by atoms with Gasteiger partial charge in [0, 0.05) is 55.8 Å². The molecule has 0 radical (unpaired) electrons. The summed E-state index contributed by atoms with van der Waals surface area (Å²) in [6.07, 6.45) is 8.28. The van der Waals surface area contributed by atoms with Gasteiger partial charge in [-0.15, -0.1) is 0 Å². The molecular weight excluding hydrogens is 533 g/mol. The Morgan fingerprint density at radius 1 is 1.02 bits per heavy atom. The highest BCUT2D eigenvalue weighted by molar-refractivity contribution is 6.49. The zero-order valence-corrected chi connectivity index (χ0v) is 23.2. The first kappa shape index (κ1) is 27.7. The Bertz CT molecular complexity index is 1600. The molecule has 0 spiro atoms. The molecule has 2 aliphatic heterocycles. The normalized spacial score (nSPS) is 15.8. The number of nitrogens with one attached hydrogen (secondary N) is 1. The molecule has 1 amide bonds. The highest BCUT2D eigenvalue weighted by Gasteiger charge is 2.22. The number of hydrogen-bond acceptors (Lipinski definition) is 7. The summed E-state index contributed by atoms with van der Waals surface area (Å²) in [5.74, 6) is -0.506. The number of aryl methyl sites for hydroxylation is 1. The number of anilines is 1. The zero-order chi connectivity index (χ0) is 28.9. The standard InChI is InChI=1S/C33H32FN5O3/c34-29-5-1-2-6-30(29)42-31-10-9-26(20-37-31)38-33(41)32-28-17-24(8-7-23(28)4-3-13-36-32)25-16-22(18-35-19-25)21-39-14-11-27(40)12-15-39/h1-2,5-10,16-20,27,40H,3-4,11-15,21H2,(H,38,41). The van der Waals surface area contributed by atoms with Crippen LogP contribution in [0.25, 0.3) is 11.1 Å². The van der Waals surface area contributed by atoms with Crippen LogP contribution in [0.3, 0.4) is 0 Å². The molecule has 6 rings (SSSR count). The summed E-state index contributed by atoms with van der Waals surface area (Å²) in [4.78, 5) is 29.2. The van der Waals surface area contributed by atoms with Gasteiger partial charge in [0.25, 0.3) is 5.91 Å². The van der Waals surface area contributed by atoms with Crippen LogP contribution >= 0.6 is 0 Å². The lowest BCUT2D eigenvalue weighted by atomic mass is 9.94. The van der Waals surface area contributed by atoms with E-state index in [0.29, 0.717) is 17.9 Å². The Balaban J connectivity index is 1.18. The van der Waals surface area contributed by atoms with Gasteiger partial charge >= 0.3 is 0 Å². The topological polar surface area (TPSA) is 99.9 Å². The third-order valence-corrected chi connectivity index (χ3v) is 7.59. The molecule has 2 aromatic carbocycles. The molecular formula is C33H32FN5O3. The minimum atomic E-state index is -0.480. The number of para-hydroxylation sites is 1. The predicted octanol–water partition coefficient (Wildman–Crippen LogP) is 5.41. The van der Waals surface area contributed by atoms with Crippen LogP contribution in [0.4, 0.5) is 10.1 Å². The lowest BCUT2D eigenvalue weighted by molar-refractivity contribution is -0.110. The number of ether oxygens (including phenoxy) is 1. The molecule has 2 aliphatic rings. The third-order valence-electron chi connectivity index (χ3n) is 7.59. The smallest absolute Gasteiger partial charge is 0.274 e. The summed E-state index contributed by atoms with van der Waals surface area (Å²) < 4.78 is 19.4. The van der Waals surface area contributed by atoms with Crippen LogP contribution in [-0.4, -0.2) is 57.3 Å². The number of carbonyl (C=O) groups is 1. The van der Waals surface area contributed by atoms with E-state index in [4.69, 9.17) is 4.74 Å². The fourth-order valence-electron chi connectivity index (χ4n) is 5.35. The van der Waals surface area contributed by atoms with E-state index in [9.17, 15) is 14.3 Å². The highest BCUT2D eigenvalue weighted by Crippen LogP contribution is 2.27. The summed E-state index contributed by atoms with van der Waals surface area (Å²) in [7, 11) is 0. The average molecular weight is 566 g/mol. The number of carbonyl (C=O) groups excluding carboxylic acids is 1. The van der Waals surface area contributed by atoms with Gasteiger partial charge in [-0.2, -0.15) is 0 Å². The molecule has 0 saturated carbocycles. The van der Waals surface area contributed by atoms with Crippen LogP contribution in [0, 0.1) is 5.82 Å². The fraction of sp³-hybridized carbons (Fsp3) is 0.273. The summed E-state index contributed by atoms with van der Waals surface area (Å²) in [6.45, 7) is 3.08. The van der Waals surface area contributed by atoms with Crippen LogP contribution in [-0.2, 0) is 17.8 Å². The largest absolute Gasteiger partial charge is 0.436 e. The maximum Gasteiger partial charge on any atom is 0.274 e. The maximum atomic E-state index is 13.9. The number of aliphatic imine (C=N–C) groups is 1. The lowest BCUT2D eigenvalue weighted by Crippen LogP contribution is -2.35. The zero-order valence-electron chi connectivity index (χ0n) is 23.2. The first-order chi connectivity index (χ1) is 20.5. The number of aliphatic hydroxyl groups excluding tert-OH is 1. The van der Waals surface area contributed by atoms with Crippen LogP contribution in [0.2, 0.25) is 0 Å². The maximum absolute atomic E-state index is 13.9. The second kappa shape index (κ2) is 12.6. The van der Waals surface area contributed by atoms with E-state index >= 15 is 0 Å². The number of halogens is 1. The van der Waals surface area contributed by atoms with E-state index in [1.54, 1.807) is 24.3 Å². The van der Waals surface area contributed by atoms with Crippen molar-refractivity contribution in [2.45, 2.75) is 38.3 Å². The van der Waals surface area contributed by atoms with E-state index in [1.165, 1.54) is 18.3 Å². The number of aliphatic hydroxyl groups is 1. The second-order valence-corrected chi connectivity index (χ2v) is 10.7. The van der Waals surface area contributed by atoms with Crippen molar-refractivity contribution in [2.75, 3.05) is 25.0 Å². The minimum absolute atomic E-state index is 0.0778. The average Bonchev–Trinajstić information content (AvgIpc) is 3.23. The van der Waals surface area contributed by atoms with E-state index in [2.05, 4.69) is 43.4 Å². The van der Waals surface area contributed by atoms with Gasteiger partial charge in [-0.3, -0.25) is 19.7 Å². The number of pyridine rings is 2. The Kier molecular flexibility index (Phi) is 8.30. The van der Waals surface area contributed by atoms with Crippen molar-refractivity contribution >= 4 is 17.3 Å². The lowest BCUT2D eigenvalue weighted by Gasteiger charge is -2.29. The first-order valence-electron chi connectivity index (χ1n) is 14.2. The Hall–Kier alpha value is -4.47. The van der Waals surface area contributed by atoms with Gasteiger partial charge in [0.1, 0.15) is 5.71 Å². The molecule has 8 nitrogen and oxygen atoms in total. The molecule has 2 aromatic heterocycles. The molecule has 9 heteroatoms. The SMILES string of the molecule is O=C(Nc1ccc(Oc2ccccc2F)nc1)C1=NCCCc2ccc(-c3cncc(CN4CCC(O)CC4)c3)cc21. The van der Waals surface area contributed by atoms with Gasteiger partial charge in [0.15, 0.2) is 11.6 Å². The second-order valence-electron chi connectivity index (χ2n) is 10.7. The number of fused-ring (bicyclic) bond motifs is 1. The number of aromatic nitrogens is 2. The number of piperidine rings is 1. The van der Waals surface area contributed by atoms with Crippen molar-refractivity contribution < 1.29 is 19.0 Å². The van der Waals surface area contributed by atoms with Crippen molar-refractivity contribution in [1.82, 2.24) is 14.9 Å². The van der Waals surface area contributed by atoms with Crippen molar-refractivity contribution in [1.29, 1.82) is 0 Å². The Morgan fingerprint density at radius 3 is 2.69 bits per heavy atom. The molecule has 1 saturated heterocycles. The minimum Gasteiger partial charge on any atom is -0.436 e. The Morgan fingerprint density at radius 2 is 1.88 bits per heavy atom. The molecule has 0 unspecified atom stereocenters. The van der Waals surface area contributed by atoms with Gasteiger partial charge in [-0.1, -0.05) is 24.3 Å². The number of rotatable bonds is 7. The number of likely N-dealkylation sites (tertiary alicyclic amines) is 1. The quantitative estimate of drug-likeness (QED) is 0.311. The van der Waals surface area contributed by atoms with Crippen molar-refractivity contribution in [3.8, 4) is 22.8 Å². The van der Waals surface area contributed by atoms with Crippen LogP contribution < -0.4 is 10.1 Å². The van der Waals surface area contributed by atoms with Crippen LogP contribution in [0.1, 0.15) is 36.0 Å². The fourth-order valence-corrected chi connectivity index (χ4v) is 5.35. The number of benzene rings is 2. The molecule has 2 N–H and O–H groups in total. The monoisotopic (exact) mass is 565 g/mol. The number of nitrogens with zero attached hydrogens (tertiary/aromatic N) is 4. The van der Waals surface area contributed by atoms with E-state index in [0.717, 1.165) is 73.1 Å². The van der Waals surface area contributed by atoms with E-state index in [-0.39, 0.29) is 23.6 Å². The molecule has 4 aromatic rings. The predicted molar refractivity (Wildman–Crippen MR) is 159 cm³/mol. The van der Waals surface area contributed by atoms with Gasteiger partial charge in [-0.25, -0.2) is 9.37 Å². The van der Waals surface area contributed by atoms with E-state index < -0.39 is 5.82 Å². The highest BCUT2D eigenvalue weighted by atomic mass is 19.1. The first-order valence-corrected chi connectivity index (χ1v) is 14.2. The van der Waals surface area contributed by atoms with Crippen LogP contribution in [0.5, 0.6) is 11.6 Å². The van der Waals surface area contributed by atoms with Gasteiger partial charge in [-0.05, 0) is 72.7 Å². The summed E-state index contributed by atoms with van der Waals surface area (Å²) in [5.41, 5.74) is 5.81. The molecule has 0 aliphatic carbocycles. The molecule has 0 atom stereocenters. The van der Waals surface area contributed by atoms with Crippen molar-refractivity contribution in [3.63, 3.8) is 0 Å². The van der Waals surface area contributed by atoms with Crippen LogP contribution in [0.15, 0.2) is 84.2 Å². The van der Waals surface area contributed by atoms with Gasteiger partial charge < -0.3 is 15.2 Å². The molecule has 4 heterocycles. The summed E-state index contributed by atoms with van der Waals surface area (Å²) in [5, 5.41) is 12.7. The van der Waals surface area contributed by atoms with Crippen molar-refractivity contribution in [3.05, 3.63) is 102 Å². The molecule has 1 fully saturated rings. The summed E-state index contributed by atoms with van der Waals surface area (Å²) >= 11 is 0. The Labute approximate surface area is 243 Å². The number of amides is 1. The summed E-state index contributed by atoms with van der Waals surface area (Å²) in [6, 6.07) is 17.7. The van der Waals surface area contributed by atoms with Crippen molar-refractivity contribution in [2.24, 2.45) is 4.99 Å². The van der Waals surface area contributed by atoms with E-state index in [1.807, 2.05) is 18.5 Å². The molecule has 0 bridgehead atoms. The number of hydrogen-bond donors (Lipinski definition) is 2.